The van der Waals surface area contributed by atoms with Crippen LogP contribution in [-0.2, 0) is 21.2 Å². The van der Waals surface area contributed by atoms with E-state index in [0.717, 1.165) is 5.56 Å². The van der Waals surface area contributed by atoms with E-state index in [9.17, 15) is 17.6 Å². The molecule has 2 atom stereocenters. The monoisotopic (exact) mass is 486 g/mol. The van der Waals surface area contributed by atoms with Crippen molar-refractivity contribution < 1.29 is 27.1 Å². The second-order valence-electron chi connectivity index (χ2n) is 7.66. The van der Waals surface area contributed by atoms with Crippen molar-refractivity contribution in [1.82, 2.24) is 10.0 Å². The fourth-order valence-corrected chi connectivity index (χ4v) is 4.64. The van der Waals surface area contributed by atoms with Crippen LogP contribution in [0.1, 0.15) is 24.1 Å². The maximum Gasteiger partial charge on any atom is 0.241 e. The van der Waals surface area contributed by atoms with Crippen LogP contribution in [0.3, 0.4) is 0 Å². The molecule has 180 valence electrons. The van der Waals surface area contributed by atoms with Crippen LogP contribution in [0.5, 0.6) is 11.5 Å². The molecule has 0 radical (unpaired) electrons. The number of amides is 1. The van der Waals surface area contributed by atoms with E-state index in [4.69, 9.17) is 9.47 Å². The van der Waals surface area contributed by atoms with Gasteiger partial charge in [-0.25, -0.2) is 12.8 Å². The maximum absolute atomic E-state index is 13.3. The van der Waals surface area contributed by atoms with Crippen LogP contribution < -0.4 is 19.5 Å². The van der Waals surface area contributed by atoms with Crippen molar-refractivity contribution in [3.05, 3.63) is 89.7 Å². The molecular weight excluding hydrogens is 459 g/mol. The van der Waals surface area contributed by atoms with Gasteiger partial charge in [-0.15, -0.1) is 0 Å². The molecule has 0 saturated heterocycles. The fourth-order valence-electron chi connectivity index (χ4n) is 3.43. The number of carbonyl (C=O) groups is 1. The number of ether oxygens (including phenoxy) is 2. The number of carbonyl (C=O) groups excluding carboxylic acids is 1. The van der Waals surface area contributed by atoms with Gasteiger partial charge in [0.05, 0.1) is 25.2 Å². The predicted molar refractivity (Wildman–Crippen MR) is 127 cm³/mol. The van der Waals surface area contributed by atoms with E-state index in [0.29, 0.717) is 11.3 Å². The standard InChI is InChI=1S/C25H27FN2O5S/c1-17(19-9-11-20(26)12-10-19)27-25(29)22(15-18-7-5-4-6-8-18)28-34(30,31)21-13-14-23(32-2)24(16-21)33-3/h4-14,16-17,22,28H,15H2,1-3H3,(H,27,29)/t17-,22+/m0/s1. The maximum atomic E-state index is 13.3. The molecule has 0 heterocycles. The number of rotatable bonds is 10. The van der Waals surface area contributed by atoms with Gasteiger partial charge in [-0.05, 0) is 48.7 Å². The first-order chi connectivity index (χ1) is 16.2. The predicted octanol–water partition coefficient (Wildman–Crippen LogP) is 3.61. The number of nitrogens with one attached hydrogen (secondary N) is 2. The van der Waals surface area contributed by atoms with Crippen molar-refractivity contribution >= 4 is 15.9 Å². The summed E-state index contributed by atoms with van der Waals surface area (Å²) in [7, 11) is -1.23. The molecule has 3 rings (SSSR count). The Labute approximate surface area is 199 Å². The third-order valence-electron chi connectivity index (χ3n) is 5.29. The van der Waals surface area contributed by atoms with Crippen LogP contribution in [0.25, 0.3) is 0 Å². The van der Waals surface area contributed by atoms with Crippen LogP contribution in [0, 0.1) is 5.82 Å². The molecule has 1 amide bonds. The van der Waals surface area contributed by atoms with Crippen LogP contribution in [0.4, 0.5) is 4.39 Å². The smallest absolute Gasteiger partial charge is 0.241 e. The van der Waals surface area contributed by atoms with E-state index in [2.05, 4.69) is 10.0 Å². The third kappa shape index (κ3) is 6.33. The highest BCUT2D eigenvalue weighted by molar-refractivity contribution is 7.89. The Kier molecular flexibility index (Phi) is 8.25. The number of hydrogen-bond acceptors (Lipinski definition) is 5. The van der Waals surface area contributed by atoms with Gasteiger partial charge in [0, 0.05) is 6.07 Å². The zero-order chi connectivity index (χ0) is 24.7. The van der Waals surface area contributed by atoms with E-state index in [1.807, 2.05) is 30.3 Å². The summed E-state index contributed by atoms with van der Waals surface area (Å²) >= 11 is 0. The Bertz CT molecular complexity index is 1220. The summed E-state index contributed by atoms with van der Waals surface area (Å²) < 4.78 is 52.5. The molecule has 7 nitrogen and oxygen atoms in total. The number of halogens is 1. The molecule has 0 aliphatic carbocycles. The van der Waals surface area contributed by atoms with E-state index in [-0.39, 0.29) is 22.9 Å². The molecular formula is C25H27FN2O5S. The minimum atomic E-state index is -4.08. The zero-order valence-electron chi connectivity index (χ0n) is 19.1. The largest absolute Gasteiger partial charge is 0.493 e. The van der Waals surface area contributed by atoms with Gasteiger partial charge in [-0.3, -0.25) is 4.79 Å². The topological polar surface area (TPSA) is 93.7 Å². The quantitative estimate of drug-likeness (QED) is 0.457. The molecule has 3 aromatic carbocycles. The second kappa shape index (κ2) is 11.1. The summed E-state index contributed by atoms with van der Waals surface area (Å²) in [4.78, 5) is 13.1. The van der Waals surface area contributed by atoms with Crippen molar-refractivity contribution in [1.29, 1.82) is 0 Å². The molecule has 3 aromatic rings. The molecule has 0 aliphatic rings. The lowest BCUT2D eigenvalue weighted by Crippen LogP contribution is -2.48. The molecule has 0 aromatic heterocycles. The summed E-state index contributed by atoms with van der Waals surface area (Å²) in [6.07, 6.45) is 0.134. The normalized spacial score (nSPS) is 13.1. The van der Waals surface area contributed by atoms with E-state index >= 15 is 0 Å². The second-order valence-corrected chi connectivity index (χ2v) is 9.38. The van der Waals surface area contributed by atoms with Gasteiger partial charge in [-0.2, -0.15) is 4.72 Å². The van der Waals surface area contributed by atoms with Gasteiger partial charge >= 0.3 is 0 Å². The average Bonchev–Trinajstić information content (AvgIpc) is 2.84. The summed E-state index contributed by atoms with van der Waals surface area (Å²) in [6.45, 7) is 1.74. The van der Waals surface area contributed by atoms with Gasteiger partial charge in [0.2, 0.25) is 15.9 Å². The van der Waals surface area contributed by atoms with Crippen molar-refractivity contribution in [2.45, 2.75) is 30.3 Å². The van der Waals surface area contributed by atoms with E-state index in [1.165, 1.54) is 44.6 Å². The molecule has 34 heavy (non-hydrogen) atoms. The molecule has 0 spiro atoms. The molecule has 0 saturated carbocycles. The molecule has 9 heteroatoms. The van der Waals surface area contributed by atoms with E-state index < -0.39 is 28.0 Å². The zero-order valence-corrected chi connectivity index (χ0v) is 19.9. The lowest BCUT2D eigenvalue weighted by Gasteiger charge is -2.22. The Morgan fingerprint density at radius 1 is 0.941 bits per heavy atom. The number of methoxy groups -OCH3 is 2. The van der Waals surface area contributed by atoms with Gasteiger partial charge in [0.15, 0.2) is 11.5 Å². The Balaban J connectivity index is 1.86. The first kappa shape index (κ1) is 25.2. The molecule has 0 aliphatic heterocycles. The minimum absolute atomic E-state index is 0.0670. The van der Waals surface area contributed by atoms with Crippen molar-refractivity contribution in [3.8, 4) is 11.5 Å². The fraction of sp³-hybridized carbons (Fsp3) is 0.240. The summed E-state index contributed by atoms with van der Waals surface area (Å²) in [5.74, 6) is -0.260. The van der Waals surface area contributed by atoms with Gasteiger partial charge in [-0.1, -0.05) is 42.5 Å². The van der Waals surface area contributed by atoms with Gasteiger partial charge < -0.3 is 14.8 Å². The van der Waals surface area contributed by atoms with Crippen molar-refractivity contribution in [2.75, 3.05) is 14.2 Å². The van der Waals surface area contributed by atoms with E-state index in [1.54, 1.807) is 19.1 Å². The summed E-state index contributed by atoms with van der Waals surface area (Å²) in [6, 6.07) is 17.5. The highest BCUT2D eigenvalue weighted by atomic mass is 32.2. The van der Waals surface area contributed by atoms with Crippen LogP contribution in [-0.4, -0.2) is 34.6 Å². The molecule has 0 unspecified atom stereocenters. The Morgan fingerprint density at radius 2 is 1.59 bits per heavy atom. The van der Waals surface area contributed by atoms with Crippen LogP contribution >= 0.6 is 0 Å². The highest BCUT2D eigenvalue weighted by Crippen LogP contribution is 2.29. The summed E-state index contributed by atoms with van der Waals surface area (Å²) in [5.41, 5.74) is 1.48. The van der Waals surface area contributed by atoms with Crippen molar-refractivity contribution in [2.24, 2.45) is 0 Å². The molecule has 2 N–H and O–H groups in total. The van der Waals surface area contributed by atoms with Crippen LogP contribution in [0.15, 0.2) is 77.7 Å². The third-order valence-corrected chi connectivity index (χ3v) is 6.76. The van der Waals surface area contributed by atoms with Gasteiger partial charge in [0.25, 0.3) is 0 Å². The van der Waals surface area contributed by atoms with Gasteiger partial charge in [0.1, 0.15) is 11.9 Å². The number of sulfonamides is 1. The lowest BCUT2D eigenvalue weighted by atomic mass is 10.0. The Hall–Kier alpha value is -3.43. The molecule has 0 fully saturated rings. The molecule has 0 bridgehead atoms. The lowest BCUT2D eigenvalue weighted by molar-refractivity contribution is -0.123. The minimum Gasteiger partial charge on any atom is -0.493 e. The van der Waals surface area contributed by atoms with Crippen LogP contribution in [0.2, 0.25) is 0 Å². The van der Waals surface area contributed by atoms with Crippen molar-refractivity contribution in [3.63, 3.8) is 0 Å². The number of hydrogen-bond donors (Lipinski definition) is 2. The SMILES string of the molecule is COc1ccc(S(=O)(=O)N[C@H](Cc2ccccc2)C(=O)N[C@@H](C)c2ccc(F)cc2)cc1OC. The highest BCUT2D eigenvalue weighted by Gasteiger charge is 2.28. The first-order valence-corrected chi connectivity index (χ1v) is 12.1. The summed E-state index contributed by atoms with van der Waals surface area (Å²) in [5, 5.41) is 2.82. The first-order valence-electron chi connectivity index (χ1n) is 10.6. The number of benzene rings is 3. The average molecular weight is 487 g/mol. The Morgan fingerprint density at radius 3 is 2.21 bits per heavy atom.